The predicted octanol–water partition coefficient (Wildman–Crippen LogP) is 0.766. The van der Waals surface area contributed by atoms with Gasteiger partial charge in [0.2, 0.25) is 5.91 Å². The van der Waals surface area contributed by atoms with Gasteiger partial charge in [0.1, 0.15) is 6.04 Å². The van der Waals surface area contributed by atoms with E-state index in [1.54, 1.807) is 0 Å². The Labute approximate surface area is 77.3 Å². The van der Waals surface area contributed by atoms with Crippen molar-refractivity contribution in [3.63, 3.8) is 0 Å². The van der Waals surface area contributed by atoms with Crippen molar-refractivity contribution in [1.82, 2.24) is 5.32 Å². The van der Waals surface area contributed by atoms with Crippen molar-refractivity contribution in [1.29, 1.82) is 0 Å². The third kappa shape index (κ3) is 3.92. The fourth-order valence-corrected chi connectivity index (χ4v) is 1.12. The Morgan fingerprint density at radius 1 is 1.54 bits per heavy atom. The van der Waals surface area contributed by atoms with Crippen LogP contribution in [-0.4, -0.2) is 23.0 Å². The monoisotopic (exact) mass is 185 g/mol. The van der Waals surface area contributed by atoms with Gasteiger partial charge in [0.05, 0.1) is 0 Å². The van der Waals surface area contributed by atoms with Gasteiger partial charge in [0.25, 0.3) is 0 Å². The maximum Gasteiger partial charge on any atom is 0.325 e. The number of carbonyl (C=O) groups is 2. The molecule has 4 heteroatoms. The molecule has 0 aliphatic heterocycles. The Kier molecular flexibility index (Phi) is 3.28. The second kappa shape index (κ2) is 4.25. The smallest absolute Gasteiger partial charge is 0.325 e. The minimum Gasteiger partial charge on any atom is -0.480 e. The number of aliphatic carboxylic acids is 1. The van der Waals surface area contributed by atoms with Crippen LogP contribution in [0.3, 0.4) is 0 Å². The maximum absolute atomic E-state index is 11.1. The summed E-state index contributed by atoms with van der Waals surface area (Å²) < 4.78 is 0. The predicted molar refractivity (Wildman–Crippen MR) is 47.2 cm³/mol. The van der Waals surface area contributed by atoms with Crippen LogP contribution in [0.25, 0.3) is 0 Å². The topological polar surface area (TPSA) is 66.4 Å². The molecule has 0 aromatic heterocycles. The highest BCUT2D eigenvalue weighted by molar-refractivity contribution is 5.83. The lowest BCUT2D eigenvalue weighted by Gasteiger charge is -2.08. The molecule has 0 aromatic rings. The average Bonchev–Trinajstić information content (AvgIpc) is 2.83. The third-order valence-corrected chi connectivity index (χ3v) is 2.22. The van der Waals surface area contributed by atoms with Gasteiger partial charge in [-0.2, -0.15) is 0 Å². The lowest BCUT2D eigenvalue weighted by atomic mass is 10.2. The van der Waals surface area contributed by atoms with E-state index in [0.717, 1.165) is 6.42 Å². The van der Waals surface area contributed by atoms with Crippen LogP contribution >= 0.6 is 0 Å². The summed E-state index contributed by atoms with van der Waals surface area (Å²) in [5.41, 5.74) is 0. The number of nitrogens with one attached hydrogen (secondary N) is 1. The van der Waals surface area contributed by atoms with E-state index in [4.69, 9.17) is 5.11 Å². The van der Waals surface area contributed by atoms with E-state index in [9.17, 15) is 9.59 Å². The van der Waals surface area contributed by atoms with Crippen molar-refractivity contribution >= 4 is 11.9 Å². The lowest BCUT2D eigenvalue weighted by Crippen LogP contribution is -2.38. The molecule has 1 amide bonds. The van der Waals surface area contributed by atoms with Crippen molar-refractivity contribution in [3.05, 3.63) is 0 Å². The number of carbonyl (C=O) groups excluding carboxylic acids is 1. The first kappa shape index (κ1) is 10.0. The molecule has 0 saturated heterocycles. The molecule has 2 N–H and O–H groups in total. The van der Waals surface area contributed by atoms with Crippen molar-refractivity contribution in [3.8, 4) is 0 Å². The normalized spacial score (nSPS) is 17.9. The first-order valence-electron chi connectivity index (χ1n) is 4.61. The van der Waals surface area contributed by atoms with Gasteiger partial charge >= 0.3 is 5.97 Å². The van der Waals surface area contributed by atoms with Crippen LogP contribution in [-0.2, 0) is 9.59 Å². The third-order valence-electron chi connectivity index (χ3n) is 2.22. The van der Waals surface area contributed by atoms with Crippen molar-refractivity contribution in [2.24, 2.45) is 5.92 Å². The van der Waals surface area contributed by atoms with E-state index >= 15 is 0 Å². The molecule has 1 rings (SSSR count). The minimum absolute atomic E-state index is 0.151. The quantitative estimate of drug-likeness (QED) is 0.664. The van der Waals surface area contributed by atoms with E-state index in [1.807, 2.05) is 0 Å². The van der Waals surface area contributed by atoms with Gasteiger partial charge in [0, 0.05) is 6.42 Å². The molecule has 13 heavy (non-hydrogen) atoms. The summed E-state index contributed by atoms with van der Waals surface area (Å²) in [4.78, 5) is 21.5. The van der Waals surface area contributed by atoms with Gasteiger partial charge in [-0.15, -0.1) is 0 Å². The number of amides is 1. The summed E-state index contributed by atoms with van der Waals surface area (Å²) in [7, 11) is 0. The zero-order chi connectivity index (χ0) is 9.84. The molecule has 1 aliphatic carbocycles. The Morgan fingerprint density at radius 3 is 2.62 bits per heavy atom. The second-order valence-electron chi connectivity index (χ2n) is 3.61. The van der Waals surface area contributed by atoms with Crippen molar-refractivity contribution < 1.29 is 14.7 Å². The van der Waals surface area contributed by atoms with E-state index in [-0.39, 0.29) is 5.91 Å². The number of hydrogen-bond donors (Lipinski definition) is 2. The largest absolute Gasteiger partial charge is 0.480 e. The molecule has 4 nitrogen and oxygen atoms in total. The van der Waals surface area contributed by atoms with Gasteiger partial charge in [0.15, 0.2) is 0 Å². The van der Waals surface area contributed by atoms with Gasteiger partial charge in [-0.3, -0.25) is 9.59 Å². The van der Waals surface area contributed by atoms with Crippen LogP contribution in [0, 0.1) is 5.92 Å². The van der Waals surface area contributed by atoms with E-state index < -0.39 is 12.0 Å². The van der Waals surface area contributed by atoms with E-state index in [0.29, 0.717) is 12.3 Å². The number of rotatable bonds is 5. The fraction of sp³-hybridized carbons (Fsp3) is 0.778. The minimum atomic E-state index is -0.986. The lowest BCUT2D eigenvalue weighted by molar-refractivity contribution is -0.141. The zero-order valence-electron chi connectivity index (χ0n) is 7.75. The molecular formula is C9H15NO3. The Bertz CT molecular complexity index is 211. The molecule has 1 saturated carbocycles. The molecule has 74 valence electrons. The molecule has 0 bridgehead atoms. The molecule has 1 atom stereocenters. The fourth-order valence-electron chi connectivity index (χ4n) is 1.12. The van der Waals surface area contributed by atoms with Crippen LogP contribution in [0.4, 0.5) is 0 Å². The van der Waals surface area contributed by atoms with Gasteiger partial charge in [-0.05, 0) is 19.3 Å². The second-order valence-corrected chi connectivity index (χ2v) is 3.61. The van der Waals surface area contributed by atoms with E-state index in [1.165, 1.54) is 19.8 Å². The Hall–Kier alpha value is -1.06. The summed E-state index contributed by atoms with van der Waals surface area (Å²) in [6, 6.07) is -0.772. The first-order valence-corrected chi connectivity index (χ1v) is 4.61. The standard InChI is InChI=1S/C9H15NO3/c1-6(9(12)13)10-8(11)5-4-7-2-3-7/h6-7H,2-5H2,1H3,(H,10,11)(H,12,13)/t6-/m0/s1. The summed E-state index contributed by atoms with van der Waals surface area (Å²) in [6.07, 6.45) is 3.81. The number of hydrogen-bond acceptors (Lipinski definition) is 2. The SMILES string of the molecule is C[C@H](NC(=O)CCC1CC1)C(=O)O. The molecule has 0 heterocycles. The zero-order valence-corrected chi connectivity index (χ0v) is 7.75. The van der Waals surface area contributed by atoms with Crippen LogP contribution in [0.2, 0.25) is 0 Å². The number of carboxylic acids is 1. The molecular weight excluding hydrogens is 170 g/mol. The Morgan fingerprint density at radius 2 is 2.15 bits per heavy atom. The van der Waals surface area contributed by atoms with Crippen LogP contribution in [0.15, 0.2) is 0 Å². The molecule has 0 aromatic carbocycles. The molecule has 0 radical (unpaired) electrons. The molecule has 1 fully saturated rings. The van der Waals surface area contributed by atoms with Gasteiger partial charge < -0.3 is 10.4 Å². The Balaban J connectivity index is 2.11. The van der Waals surface area contributed by atoms with Gasteiger partial charge in [-0.1, -0.05) is 12.8 Å². The van der Waals surface area contributed by atoms with E-state index in [2.05, 4.69) is 5.32 Å². The molecule has 0 spiro atoms. The number of carboxylic acid groups (broad SMARTS) is 1. The van der Waals surface area contributed by atoms with Crippen LogP contribution in [0.1, 0.15) is 32.6 Å². The highest BCUT2D eigenvalue weighted by atomic mass is 16.4. The van der Waals surface area contributed by atoms with Crippen molar-refractivity contribution in [2.75, 3.05) is 0 Å². The summed E-state index contributed by atoms with van der Waals surface area (Å²) in [5.74, 6) is -0.424. The van der Waals surface area contributed by atoms with Gasteiger partial charge in [-0.25, -0.2) is 0 Å². The first-order chi connectivity index (χ1) is 6.09. The summed E-state index contributed by atoms with van der Waals surface area (Å²) >= 11 is 0. The van der Waals surface area contributed by atoms with Crippen molar-refractivity contribution in [2.45, 2.75) is 38.6 Å². The van der Waals surface area contributed by atoms with Crippen LogP contribution in [0.5, 0.6) is 0 Å². The molecule has 0 unspecified atom stereocenters. The maximum atomic E-state index is 11.1. The summed E-state index contributed by atoms with van der Waals surface area (Å²) in [5, 5.41) is 10.9. The highest BCUT2D eigenvalue weighted by Gasteiger charge is 2.22. The molecule has 1 aliphatic rings. The highest BCUT2D eigenvalue weighted by Crippen LogP contribution is 2.33. The average molecular weight is 185 g/mol. The summed E-state index contributed by atoms with van der Waals surface area (Å²) in [6.45, 7) is 1.47. The van der Waals surface area contributed by atoms with Crippen LogP contribution < -0.4 is 5.32 Å².